The van der Waals surface area contributed by atoms with Crippen LogP contribution in [0.2, 0.25) is 0 Å². The van der Waals surface area contributed by atoms with Crippen molar-refractivity contribution < 1.29 is 39.1 Å². The highest BCUT2D eigenvalue weighted by Gasteiger charge is 2.30. The maximum atomic E-state index is 13.3. The normalized spacial score (nSPS) is 15.1. The summed E-state index contributed by atoms with van der Waals surface area (Å²) in [7, 11) is -5.63. The molecular formula is C19H30N4O10S3. The van der Waals surface area contributed by atoms with E-state index in [0.717, 1.165) is 30.6 Å². The zero-order valence-corrected chi connectivity index (χ0v) is 22.9. The molecule has 1 aliphatic heterocycles. The topological polar surface area (TPSA) is 166 Å². The Bertz CT molecular complexity index is 1110. The van der Waals surface area contributed by atoms with E-state index in [0.29, 0.717) is 26.2 Å². The summed E-state index contributed by atoms with van der Waals surface area (Å²) in [6.07, 6.45) is 3.35. The van der Waals surface area contributed by atoms with Crippen LogP contribution in [0.25, 0.3) is 0 Å². The molecule has 1 aliphatic rings. The van der Waals surface area contributed by atoms with E-state index in [1.807, 2.05) is 11.9 Å². The number of nitro groups is 1. The Labute approximate surface area is 215 Å². The van der Waals surface area contributed by atoms with Crippen molar-refractivity contribution >= 4 is 49.6 Å². The van der Waals surface area contributed by atoms with Gasteiger partial charge in [0.05, 0.1) is 54.4 Å². The Balaban J connectivity index is 2.51. The second kappa shape index (κ2) is 12.9. The summed E-state index contributed by atoms with van der Waals surface area (Å²) in [4.78, 5) is 29.5. The highest BCUT2D eigenvalue weighted by atomic mass is 32.2. The summed E-state index contributed by atoms with van der Waals surface area (Å²) in [6.45, 7) is 1.22. The van der Waals surface area contributed by atoms with E-state index >= 15 is 0 Å². The van der Waals surface area contributed by atoms with Gasteiger partial charge in [0.1, 0.15) is 5.56 Å². The van der Waals surface area contributed by atoms with Crippen molar-refractivity contribution in [3.63, 3.8) is 0 Å². The van der Waals surface area contributed by atoms with Gasteiger partial charge < -0.3 is 18.9 Å². The first kappa shape index (κ1) is 30.0. The molecule has 17 heteroatoms. The molecule has 0 unspecified atom stereocenters. The molecule has 1 saturated heterocycles. The highest BCUT2D eigenvalue weighted by molar-refractivity contribution is 7.94. The van der Waals surface area contributed by atoms with Crippen molar-refractivity contribution in [2.24, 2.45) is 0 Å². The molecule has 2 rings (SSSR count). The van der Waals surface area contributed by atoms with Crippen molar-refractivity contribution in [2.75, 3.05) is 83.2 Å². The Morgan fingerprint density at radius 2 is 1.58 bits per heavy atom. The lowest BCUT2D eigenvalue weighted by Crippen LogP contribution is -2.47. The Hall–Kier alpha value is -2.18. The molecule has 0 saturated carbocycles. The number of hydrogen-bond acceptors (Lipinski definition) is 13. The number of piperazine rings is 1. The largest absolute Gasteiger partial charge is 0.424 e. The molecule has 1 heterocycles. The zero-order chi connectivity index (χ0) is 27.1. The van der Waals surface area contributed by atoms with Crippen LogP contribution in [-0.4, -0.2) is 116 Å². The third-order valence-corrected chi connectivity index (χ3v) is 6.66. The maximum Gasteiger partial charge on any atom is 0.286 e. The van der Waals surface area contributed by atoms with Crippen LogP contribution < -0.4 is 9.08 Å². The number of carbonyl (C=O) groups is 1. The predicted molar refractivity (Wildman–Crippen MR) is 134 cm³/mol. The van der Waals surface area contributed by atoms with Crippen LogP contribution in [0, 0.1) is 10.1 Å². The minimum absolute atomic E-state index is 0.0304. The lowest BCUT2D eigenvalue weighted by Gasteiger charge is -2.32. The molecule has 1 aromatic rings. The van der Waals surface area contributed by atoms with Crippen LogP contribution in [0.1, 0.15) is 10.4 Å². The first-order valence-electron chi connectivity index (χ1n) is 10.7. The molecule has 0 aliphatic carbocycles. The van der Waals surface area contributed by atoms with Gasteiger partial charge in [0.25, 0.3) is 31.8 Å². The molecule has 1 aromatic carbocycles. The molecule has 0 bridgehead atoms. The van der Waals surface area contributed by atoms with Gasteiger partial charge >= 0.3 is 0 Å². The smallest absolute Gasteiger partial charge is 0.286 e. The average molecular weight is 571 g/mol. The van der Waals surface area contributed by atoms with Gasteiger partial charge in [-0.25, -0.2) is 0 Å². The number of benzene rings is 1. The number of nitrogens with zero attached hydrogens (tertiary/aromatic N) is 4. The molecule has 0 atom stereocenters. The van der Waals surface area contributed by atoms with Gasteiger partial charge in [-0.2, -0.15) is 16.8 Å². The van der Waals surface area contributed by atoms with Crippen LogP contribution in [-0.2, 0) is 28.6 Å². The first-order valence-corrected chi connectivity index (χ1v) is 15.4. The summed E-state index contributed by atoms with van der Waals surface area (Å²) in [6, 6.07) is 2.42. The zero-order valence-electron chi connectivity index (χ0n) is 20.4. The molecule has 0 radical (unpaired) electrons. The molecule has 0 spiro atoms. The molecule has 0 aromatic heterocycles. The number of rotatable bonds is 13. The van der Waals surface area contributed by atoms with Gasteiger partial charge in [0.2, 0.25) is 0 Å². The summed E-state index contributed by atoms with van der Waals surface area (Å²) in [5.41, 5.74) is -0.417. The highest BCUT2D eigenvalue weighted by Crippen LogP contribution is 2.37. The molecule has 36 heavy (non-hydrogen) atoms. The van der Waals surface area contributed by atoms with Crippen molar-refractivity contribution in [3.05, 3.63) is 27.8 Å². The van der Waals surface area contributed by atoms with Crippen LogP contribution in [0.4, 0.5) is 11.4 Å². The maximum absolute atomic E-state index is 13.3. The molecular weight excluding hydrogens is 540 g/mol. The number of nitro benzene ring substituents is 1. The number of anilines is 1. The fourth-order valence-corrected chi connectivity index (χ4v) is 4.48. The van der Waals surface area contributed by atoms with E-state index < -0.39 is 36.8 Å². The fourth-order valence-electron chi connectivity index (χ4n) is 3.41. The standard InChI is InChI=1S/C19H30N4O10S3/c1-20-5-7-22(8-6-20)19(24)15-13-17(18(33-34-2)14-16(15)23(25)26)21(9-11-31-35(3,27)28)10-12-32-36(4,29)30/h13-14H,5-12H2,1-4H3. The van der Waals surface area contributed by atoms with E-state index in [1.54, 1.807) is 6.26 Å². The Morgan fingerprint density at radius 3 is 2.03 bits per heavy atom. The van der Waals surface area contributed by atoms with Gasteiger partial charge in [0, 0.05) is 45.5 Å². The second-order valence-corrected chi connectivity index (χ2v) is 11.8. The van der Waals surface area contributed by atoms with Crippen molar-refractivity contribution in [1.29, 1.82) is 0 Å². The lowest BCUT2D eigenvalue weighted by atomic mass is 10.1. The van der Waals surface area contributed by atoms with Crippen LogP contribution in [0.5, 0.6) is 5.75 Å². The monoisotopic (exact) mass is 570 g/mol. The van der Waals surface area contributed by atoms with Crippen LogP contribution >= 0.6 is 12.0 Å². The molecule has 1 fully saturated rings. The molecule has 1 amide bonds. The van der Waals surface area contributed by atoms with Gasteiger partial charge in [-0.15, -0.1) is 0 Å². The van der Waals surface area contributed by atoms with E-state index in [9.17, 15) is 31.7 Å². The van der Waals surface area contributed by atoms with Gasteiger partial charge in [-0.05, 0) is 13.1 Å². The van der Waals surface area contributed by atoms with E-state index in [-0.39, 0.29) is 43.3 Å². The third-order valence-electron chi connectivity index (χ3n) is 5.13. The van der Waals surface area contributed by atoms with Gasteiger partial charge in [-0.3, -0.25) is 23.3 Å². The number of hydrogen-bond donors (Lipinski definition) is 0. The second-order valence-electron chi connectivity index (χ2n) is 7.98. The van der Waals surface area contributed by atoms with Crippen molar-refractivity contribution in [1.82, 2.24) is 9.80 Å². The molecule has 0 N–H and O–H groups in total. The van der Waals surface area contributed by atoms with E-state index in [1.165, 1.54) is 15.9 Å². The summed E-state index contributed by atoms with van der Waals surface area (Å²) in [5.74, 6) is -0.505. The van der Waals surface area contributed by atoms with Crippen LogP contribution in [0.15, 0.2) is 12.1 Å². The molecule has 14 nitrogen and oxygen atoms in total. The SMILES string of the molecule is CSOc1cc([N+](=O)[O-])c(C(=O)N2CCN(C)CC2)cc1N(CCOS(C)(=O)=O)CCOS(C)(=O)=O. The van der Waals surface area contributed by atoms with Crippen LogP contribution in [0.3, 0.4) is 0 Å². The number of carbonyl (C=O) groups excluding carboxylic acids is 1. The number of likely N-dealkylation sites (N-methyl/N-ethyl adjacent to an activating group) is 1. The lowest BCUT2D eigenvalue weighted by molar-refractivity contribution is -0.385. The summed E-state index contributed by atoms with van der Waals surface area (Å²) in [5, 5.41) is 11.8. The summed E-state index contributed by atoms with van der Waals surface area (Å²) >= 11 is 0.901. The third kappa shape index (κ3) is 9.36. The predicted octanol–water partition coefficient (Wildman–Crippen LogP) is 0.398. The minimum atomic E-state index is -3.77. The van der Waals surface area contributed by atoms with E-state index in [2.05, 4.69) is 0 Å². The molecule has 204 valence electrons. The quantitative estimate of drug-likeness (QED) is 0.138. The van der Waals surface area contributed by atoms with Gasteiger partial charge in [-0.1, -0.05) is 0 Å². The Kier molecular flexibility index (Phi) is 10.7. The first-order chi connectivity index (χ1) is 16.7. The summed E-state index contributed by atoms with van der Waals surface area (Å²) < 4.78 is 60.8. The number of amides is 1. The van der Waals surface area contributed by atoms with Crippen molar-refractivity contribution in [2.45, 2.75) is 0 Å². The Morgan fingerprint density at radius 1 is 1.06 bits per heavy atom. The van der Waals surface area contributed by atoms with E-state index in [4.69, 9.17) is 12.5 Å². The fraction of sp³-hybridized carbons (Fsp3) is 0.632. The van der Waals surface area contributed by atoms with Crippen molar-refractivity contribution in [3.8, 4) is 5.75 Å². The minimum Gasteiger partial charge on any atom is -0.424 e. The van der Waals surface area contributed by atoms with Gasteiger partial charge in [0.15, 0.2) is 5.75 Å². The average Bonchev–Trinajstić information content (AvgIpc) is 2.76.